The lowest BCUT2D eigenvalue weighted by atomic mass is 10.1. The fourth-order valence-electron chi connectivity index (χ4n) is 3.60. The smallest absolute Gasteiger partial charge is 0.243 e. The Bertz CT molecular complexity index is 933. The van der Waals surface area contributed by atoms with Crippen LogP contribution in [-0.2, 0) is 27.8 Å². The van der Waals surface area contributed by atoms with Crippen LogP contribution >= 0.6 is 11.3 Å². The lowest BCUT2D eigenvalue weighted by molar-refractivity contribution is -0.128. The van der Waals surface area contributed by atoms with Gasteiger partial charge in [-0.15, -0.1) is 11.3 Å². The number of benzene rings is 1. The van der Waals surface area contributed by atoms with Gasteiger partial charge in [0.15, 0.2) is 0 Å². The maximum Gasteiger partial charge on any atom is 0.243 e. The lowest BCUT2D eigenvalue weighted by Crippen LogP contribution is -2.35. The quantitative estimate of drug-likeness (QED) is 0.830. The number of nitrogens with zero attached hydrogens (tertiary/aromatic N) is 2. The molecule has 0 spiro atoms. The summed E-state index contributed by atoms with van der Waals surface area (Å²) in [5.74, 6) is 0.0572. The number of hydrogen-bond acceptors (Lipinski definition) is 5. The molecule has 0 bridgehead atoms. The first-order valence-corrected chi connectivity index (χ1v) is 11.5. The van der Waals surface area contributed by atoms with Crippen molar-refractivity contribution in [3.63, 3.8) is 0 Å². The number of thiophene rings is 1. The van der Waals surface area contributed by atoms with E-state index < -0.39 is 10.0 Å². The Hall–Kier alpha value is -1.90. The van der Waals surface area contributed by atoms with Crippen LogP contribution in [0.1, 0.15) is 23.3 Å². The summed E-state index contributed by atoms with van der Waals surface area (Å²) in [6.07, 6.45) is 2.87. The molecule has 1 amide bonds. The van der Waals surface area contributed by atoms with Gasteiger partial charge in [-0.1, -0.05) is 6.07 Å². The summed E-state index contributed by atoms with van der Waals surface area (Å²) in [5, 5.41) is 5.09. The topological polar surface area (TPSA) is 69.7 Å². The van der Waals surface area contributed by atoms with E-state index in [9.17, 15) is 13.2 Å². The third-order valence-electron chi connectivity index (χ3n) is 5.15. The maximum absolute atomic E-state index is 13.0. The minimum Gasteiger partial charge on any atom is -0.376 e. The summed E-state index contributed by atoms with van der Waals surface area (Å²) >= 11 is 1.69. The first kappa shape index (κ1) is 18.5. The van der Waals surface area contributed by atoms with E-state index >= 15 is 0 Å². The number of amides is 1. The van der Waals surface area contributed by atoms with Crippen molar-refractivity contribution in [1.82, 2.24) is 9.21 Å². The van der Waals surface area contributed by atoms with Crippen LogP contribution in [0.5, 0.6) is 0 Å². The second-order valence-electron chi connectivity index (χ2n) is 6.93. The number of fused-ring (bicyclic) bond motifs is 1. The van der Waals surface area contributed by atoms with Crippen molar-refractivity contribution in [1.29, 1.82) is 0 Å². The molecule has 0 aliphatic carbocycles. The molecule has 2 aromatic rings. The number of nitrogens with one attached hydrogen (secondary N) is 1. The molecule has 2 aliphatic rings. The Morgan fingerprint density at radius 1 is 1.15 bits per heavy atom. The molecule has 0 unspecified atom stereocenters. The Balaban J connectivity index is 1.45. The van der Waals surface area contributed by atoms with Crippen LogP contribution in [0.15, 0.2) is 40.6 Å². The molecule has 0 saturated carbocycles. The van der Waals surface area contributed by atoms with E-state index in [0.29, 0.717) is 18.8 Å². The monoisotopic (exact) mass is 405 g/mol. The average molecular weight is 406 g/mol. The summed E-state index contributed by atoms with van der Waals surface area (Å²) in [5.41, 5.74) is 1.75. The molecule has 0 radical (unpaired) electrons. The Labute approximate surface area is 163 Å². The third kappa shape index (κ3) is 3.88. The van der Waals surface area contributed by atoms with Gasteiger partial charge in [0.1, 0.15) is 0 Å². The number of rotatable bonds is 5. The van der Waals surface area contributed by atoms with Crippen LogP contribution in [0, 0.1) is 0 Å². The zero-order valence-electron chi connectivity index (χ0n) is 15.1. The van der Waals surface area contributed by atoms with Crippen molar-refractivity contribution in [2.24, 2.45) is 0 Å². The highest BCUT2D eigenvalue weighted by Gasteiger charge is 2.29. The minimum atomic E-state index is -3.56. The highest BCUT2D eigenvalue weighted by atomic mass is 32.2. The van der Waals surface area contributed by atoms with Crippen molar-refractivity contribution in [3.8, 4) is 0 Å². The Kier molecular flexibility index (Phi) is 5.21. The van der Waals surface area contributed by atoms with Crippen LogP contribution in [0.25, 0.3) is 0 Å². The first-order valence-electron chi connectivity index (χ1n) is 9.21. The van der Waals surface area contributed by atoms with Gasteiger partial charge in [-0.3, -0.25) is 4.79 Å². The molecule has 2 aliphatic heterocycles. The number of sulfonamides is 1. The SMILES string of the molecule is O=C(CNc1cccc(S(=O)(=O)N2CCc3sccc3C2)c1)N1CCCC1. The number of carbonyl (C=O) groups excluding carboxylic acids is 1. The van der Waals surface area contributed by atoms with E-state index in [-0.39, 0.29) is 17.3 Å². The second kappa shape index (κ2) is 7.61. The fraction of sp³-hybridized carbons (Fsp3) is 0.421. The van der Waals surface area contributed by atoms with Crippen molar-refractivity contribution < 1.29 is 13.2 Å². The van der Waals surface area contributed by atoms with Gasteiger partial charge in [0.25, 0.3) is 0 Å². The van der Waals surface area contributed by atoms with Crippen molar-refractivity contribution in [2.45, 2.75) is 30.7 Å². The second-order valence-corrected chi connectivity index (χ2v) is 9.87. The van der Waals surface area contributed by atoms with Crippen LogP contribution in [-0.4, -0.2) is 49.7 Å². The summed E-state index contributed by atoms with van der Waals surface area (Å²) in [6, 6.07) is 8.75. The van der Waals surface area contributed by atoms with Gasteiger partial charge in [-0.2, -0.15) is 4.31 Å². The van der Waals surface area contributed by atoms with E-state index in [4.69, 9.17) is 0 Å². The van der Waals surface area contributed by atoms with E-state index in [1.807, 2.05) is 16.3 Å². The third-order valence-corrected chi connectivity index (χ3v) is 8.01. The summed E-state index contributed by atoms with van der Waals surface area (Å²) < 4.78 is 27.6. The maximum atomic E-state index is 13.0. The highest BCUT2D eigenvalue weighted by Crippen LogP contribution is 2.28. The molecule has 1 saturated heterocycles. The molecule has 1 aromatic carbocycles. The largest absolute Gasteiger partial charge is 0.376 e. The van der Waals surface area contributed by atoms with Gasteiger partial charge in [0, 0.05) is 36.7 Å². The van der Waals surface area contributed by atoms with Gasteiger partial charge >= 0.3 is 0 Å². The van der Waals surface area contributed by atoms with Gasteiger partial charge in [-0.05, 0) is 54.5 Å². The molecule has 3 heterocycles. The molecular formula is C19H23N3O3S2. The number of carbonyl (C=O) groups is 1. The standard InChI is InChI=1S/C19H23N3O3S2/c23-19(21-8-1-2-9-21)13-20-16-4-3-5-17(12-16)27(24,25)22-10-6-18-15(14-22)7-11-26-18/h3-5,7,11-12,20H,1-2,6,8-10,13-14H2. The van der Waals surface area contributed by atoms with E-state index in [1.54, 1.807) is 35.6 Å². The lowest BCUT2D eigenvalue weighted by Gasteiger charge is -2.26. The molecule has 27 heavy (non-hydrogen) atoms. The van der Waals surface area contributed by atoms with E-state index in [1.165, 1.54) is 9.18 Å². The van der Waals surface area contributed by atoms with Crippen molar-refractivity contribution in [3.05, 3.63) is 46.2 Å². The van der Waals surface area contributed by atoms with Gasteiger partial charge in [0.2, 0.25) is 15.9 Å². The molecule has 8 heteroatoms. The van der Waals surface area contributed by atoms with Gasteiger partial charge in [-0.25, -0.2) is 8.42 Å². The Morgan fingerprint density at radius 3 is 2.78 bits per heavy atom. The molecule has 1 fully saturated rings. The van der Waals surface area contributed by atoms with Gasteiger partial charge < -0.3 is 10.2 Å². The molecule has 0 atom stereocenters. The van der Waals surface area contributed by atoms with E-state index in [0.717, 1.165) is 37.9 Å². The van der Waals surface area contributed by atoms with Crippen LogP contribution in [0.2, 0.25) is 0 Å². The summed E-state index contributed by atoms with van der Waals surface area (Å²) in [7, 11) is -3.56. The van der Waals surface area contributed by atoms with Crippen molar-refractivity contribution >= 4 is 33.0 Å². The van der Waals surface area contributed by atoms with Crippen LogP contribution in [0.3, 0.4) is 0 Å². The van der Waals surface area contributed by atoms with Crippen LogP contribution < -0.4 is 5.32 Å². The number of anilines is 1. The summed E-state index contributed by atoms with van der Waals surface area (Å²) in [6.45, 7) is 2.74. The minimum absolute atomic E-state index is 0.0572. The fourth-order valence-corrected chi connectivity index (χ4v) is 5.95. The zero-order chi connectivity index (χ0) is 18.9. The average Bonchev–Trinajstić information content (AvgIpc) is 3.37. The molecule has 6 nitrogen and oxygen atoms in total. The molecule has 4 rings (SSSR count). The van der Waals surface area contributed by atoms with Crippen LogP contribution in [0.4, 0.5) is 5.69 Å². The molecule has 1 aromatic heterocycles. The number of likely N-dealkylation sites (tertiary alicyclic amines) is 1. The predicted octanol–water partition coefficient (Wildman–Crippen LogP) is 2.53. The first-order chi connectivity index (χ1) is 13.0. The predicted molar refractivity (Wildman–Crippen MR) is 106 cm³/mol. The molecule has 144 valence electrons. The highest BCUT2D eigenvalue weighted by molar-refractivity contribution is 7.89. The molecule has 1 N–H and O–H groups in total. The van der Waals surface area contributed by atoms with Gasteiger partial charge in [0.05, 0.1) is 11.4 Å². The van der Waals surface area contributed by atoms with Crippen molar-refractivity contribution in [2.75, 3.05) is 31.5 Å². The van der Waals surface area contributed by atoms with E-state index in [2.05, 4.69) is 5.32 Å². The molecular weight excluding hydrogens is 382 g/mol. The zero-order valence-corrected chi connectivity index (χ0v) is 16.7. The normalized spacial score (nSPS) is 17.7. The Morgan fingerprint density at radius 2 is 1.96 bits per heavy atom. The summed E-state index contributed by atoms with van der Waals surface area (Å²) in [4.78, 5) is 15.6. The number of hydrogen-bond donors (Lipinski definition) is 1.